The van der Waals surface area contributed by atoms with Crippen LogP contribution in [0.25, 0.3) is 11.4 Å². The second kappa shape index (κ2) is 6.49. The van der Waals surface area contributed by atoms with Gasteiger partial charge in [0, 0.05) is 4.47 Å². The van der Waals surface area contributed by atoms with E-state index < -0.39 is 5.69 Å². The highest BCUT2D eigenvalue weighted by atomic mass is 79.9. The highest BCUT2D eigenvalue weighted by Crippen LogP contribution is 2.32. The van der Waals surface area contributed by atoms with Crippen LogP contribution >= 0.6 is 27.5 Å². The van der Waals surface area contributed by atoms with E-state index in [1.807, 2.05) is 18.2 Å². The third-order valence-corrected chi connectivity index (χ3v) is 4.06. The molecule has 0 fully saturated rings. The maximum Gasteiger partial charge on any atom is 0.349 e. The molecule has 2 aromatic carbocycles. The molecule has 116 valence electrons. The maximum atomic E-state index is 11.9. The topological polar surface area (TPSA) is 87.9 Å². The second-order valence-electron chi connectivity index (χ2n) is 4.60. The van der Waals surface area contributed by atoms with E-state index in [0.717, 1.165) is 0 Å². The summed E-state index contributed by atoms with van der Waals surface area (Å²) in [5.41, 5.74) is 0.654. The molecule has 8 heteroatoms. The Bertz CT molecular complexity index is 880. The van der Waals surface area contributed by atoms with Crippen LogP contribution in [0.4, 0.5) is 11.6 Å². The predicted molar refractivity (Wildman–Crippen MR) is 93.6 cm³/mol. The lowest BCUT2D eigenvalue weighted by Crippen LogP contribution is -2.30. The molecule has 0 aliphatic heterocycles. The maximum absolute atomic E-state index is 11.9. The average molecular weight is 393 g/mol. The fourth-order valence-corrected chi connectivity index (χ4v) is 2.96. The van der Waals surface area contributed by atoms with Gasteiger partial charge in [0.2, 0.25) is 0 Å². The summed E-state index contributed by atoms with van der Waals surface area (Å²) >= 11 is 9.61. The molecule has 0 bridgehead atoms. The summed E-state index contributed by atoms with van der Waals surface area (Å²) in [6, 6.07) is 14.4. The van der Waals surface area contributed by atoms with Crippen molar-refractivity contribution >= 4 is 39.2 Å². The molecule has 0 unspecified atom stereocenters. The van der Waals surface area contributed by atoms with E-state index in [2.05, 4.69) is 30.9 Å². The van der Waals surface area contributed by atoms with Crippen molar-refractivity contribution in [1.29, 1.82) is 0 Å². The van der Waals surface area contributed by atoms with Crippen LogP contribution < -0.4 is 16.5 Å². The lowest BCUT2D eigenvalue weighted by Gasteiger charge is -2.16. The normalized spacial score (nSPS) is 10.6. The first-order chi connectivity index (χ1) is 11.1. The number of H-pyrrole nitrogens is 1. The minimum absolute atomic E-state index is 0.0711. The Kier molecular flexibility index (Phi) is 4.42. The summed E-state index contributed by atoms with van der Waals surface area (Å²) in [6.07, 6.45) is 0. The third-order valence-electron chi connectivity index (χ3n) is 3.09. The first-order valence-electron chi connectivity index (χ1n) is 6.59. The number of nitrogens with zero attached hydrogens (tertiary/aromatic N) is 3. The van der Waals surface area contributed by atoms with Crippen LogP contribution in [0, 0.1) is 0 Å². The minimum atomic E-state index is -0.566. The molecule has 0 spiro atoms. The van der Waals surface area contributed by atoms with E-state index in [9.17, 15) is 4.79 Å². The van der Waals surface area contributed by atoms with Gasteiger partial charge in [-0.1, -0.05) is 35.9 Å². The zero-order valence-corrected chi connectivity index (χ0v) is 14.0. The molecule has 1 heterocycles. The fourth-order valence-electron chi connectivity index (χ4n) is 2.03. The Hall–Kier alpha value is -2.22. The van der Waals surface area contributed by atoms with Gasteiger partial charge in [-0.15, -0.1) is 0 Å². The van der Waals surface area contributed by atoms with Crippen molar-refractivity contribution in [3.05, 3.63) is 68.5 Å². The monoisotopic (exact) mass is 391 g/mol. The van der Waals surface area contributed by atoms with Crippen molar-refractivity contribution in [2.24, 2.45) is 5.84 Å². The van der Waals surface area contributed by atoms with Gasteiger partial charge in [0.05, 0.1) is 16.3 Å². The Balaban J connectivity index is 2.12. The smallest absolute Gasteiger partial charge is 0.290 e. The molecule has 0 saturated heterocycles. The Morgan fingerprint density at radius 2 is 1.83 bits per heavy atom. The largest absolute Gasteiger partial charge is 0.349 e. The van der Waals surface area contributed by atoms with E-state index in [-0.39, 0.29) is 11.8 Å². The van der Waals surface area contributed by atoms with Gasteiger partial charge < -0.3 is 0 Å². The number of hydrogen-bond acceptors (Lipinski definition) is 5. The SMILES string of the molecule is NN(c1ccccc1)c1nc(-c2c(Cl)cccc2Br)[nH]c(=O)n1. The van der Waals surface area contributed by atoms with E-state index in [1.165, 1.54) is 5.01 Å². The van der Waals surface area contributed by atoms with Gasteiger partial charge in [-0.05, 0) is 40.2 Å². The molecule has 0 saturated carbocycles. The zero-order chi connectivity index (χ0) is 16.4. The molecule has 1 aromatic heterocycles. The molecular formula is C15H11BrClN5O. The number of hydrogen-bond donors (Lipinski definition) is 2. The molecule has 6 nitrogen and oxygen atoms in total. The summed E-state index contributed by atoms with van der Waals surface area (Å²) in [5.74, 6) is 6.37. The van der Waals surface area contributed by atoms with E-state index in [4.69, 9.17) is 17.4 Å². The molecule has 3 N–H and O–H groups in total. The highest BCUT2D eigenvalue weighted by molar-refractivity contribution is 9.10. The molecule has 23 heavy (non-hydrogen) atoms. The number of nitrogens with two attached hydrogens (primary N) is 1. The Labute approximate surface area is 145 Å². The summed E-state index contributed by atoms with van der Waals surface area (Å²) in [4.78, 5) is 22.6. The molecular weight excluding hydrogens is 382 g/mol. The van der Waals surface area contributed by atoms with E-state index in [0.29, 0.717) is 20.7 Å². The molecule has 3 rings (SSSR count). The summed E-state index contributed by atoms with van der Waals surface area (Å²) in [5, 5.41) is 1.69. The quantitative estimate of drug-likeness (QED) is 0.527. The van der Waals surface area contributed by atoms with Crippen molar-refractivity contribution in [2.75, 3.05) is 5.01 Å². The van der Waals surface area contributed by atoms with Gasteiger partial charge >= 0.3 is 5.69 Å². The summed E-state index contributed by atoms with van der Waals surface area (Å²) < 4.78 is 0.702. The van der Waals surface area contributed by atoms with Crippen molar-refractivity contribution in [1.82, 2.24) is 15.0 Å². The average Bonchev–Trinajstić information content (AvgIpc) is 2.54. The summed E-state index contributed by atoms with van der Waals surface area (Å²) in [6.45, 7) is 0. The number of anilines is 2. The predicted octanol–water partition coefficient (Wildman–Crippen LogP) is 3.26. The first kappa shape index (κ1) is 15.7. The zero-order valence-electron chi connectivity index (χ0n) is 11.7. The number of hydrazine groups is 1. The van der Waals surface area contributed by atoms with Crippen LogP contribution in [0.5, 0.6) is 0 Å². The van der Waals surface area contributed by atoms with Crippen molar-refractivity contribution in [3.8, 4) is 11.4 Å². The van der Waals surface area contributed by atoms with Crippen molar-refractivity contribution < 1.29 is 0 Å². The molecule has 0 aliphatic rings. The number of nitrogens with one attached hydrogen (secondary N) is 1. The molecule has 3 aromatic rings. The van der Waals surface area contributed by atoms with Crippen LogP contribution in [-0.2, 0) is 0 Å². The van der Waals surface area contributed by atoms with Gasteiger partial charge in [0.15, 0.2) is 0 Å². The van der Waals surface area contributed by atoms with Gasteiger partial charge in [0.1, 0.15) is 5.82 Å². The van der Waals surface area contributed by atoms with Crippen molar-refractivity contribution in [3.63, 3.8) is 0 Å². The molecule has 0 amide bonds. The van der Waals surface area contributed by atoms with E-state index in [1.54, 1.807) is 30.3 Å². The number of para-hydroxylation sites is 1. The lowest BCUT2D eigenvalue weighted by atomic mass is 10.2. The van der Waals surface area contributed by atoms with E-state index >= 15 is 0 Å². The number of aromatic nitrogens is 3. The summed E-state index contributed by atoms with van der Waals surface area (Å²) in [7, 11) is 0. The van der Waals surface area contributed by atoms with Crippen LogP contribution in [0.1, 0.15) is 0 Å². The number of rotatable bonds is 3. The Morgan fingerprint density at radius 3 is 2.52 bits per heavy atom. The molecule has 0 aliphatic carbocycles. The van der Waals surface area contributed by atoms with Gasteiger partial charge in [-0.2, -0.15) is 9.97 Å². The molecule has 0 radical (unpaired) electrons. The number of aromatic amines is 1. The van der Waals surface area contributed by atoms with Gasteiger partial charge in [-0.3, -0.25) is 4.98 Å². The third kappa shape index (κ3) is 3.26. The standard InChI is InChI=1S/C15H11BrClN5O/c16-10-7-4-8-11(17)12(10)13-19-14(21-15(23)20-13)22(18)9-5-2-1-3-6-9/h1-8H,18H2,(H,19,20,21,23). The lowest BCUT2D eigenvalue weighted by molar-refractivity contribution is 0.918. The van der Waals surface area contributed by atoms with Crippen molar-refractivity contribution in [2.45, 2.75) is 0 Å². The van der Waals surface area contributed by atoms with Gasteiger partial charge in [0.25, 0.3) is 5.95 Å². The van der Waals surface area contributed by atoms with Crippen LogP contribution in [-0.4, -0.2) is 15.0 Å². The highest BCUT2D eigenvalue weighted by Gasteiger charge is 2.15. The Morgan fingerprint density at radius 1 is 1.09 bits per heavy atom. The fraction of sp³-hybridized carbons (Fsp3) is 0. The minimum Gasteiger partial charge on any atom is -0.290 e. The van der Waals surface area contributed by atoms with Crippen LogP contribution in [0.2, 0.25) is 5.02 Å². The van der Waals surface area contributed by atoms with Crippen LogP contribution in [0.15, 0.2) is 57.8 Å². The van der Waals surface area contributed by atoms with Gasteiger partial charge in [-0.25, -0.2) is 15.6 Å². The number of benzene rings is 2. The first-order valence-corrected chi connectivity index (χ1v) is 7.76. The second-order valence-corrected chi connectivity index (χ2v) is 5.87. The number of halogens is 2. The molecule has 0 atom stereocenters. The van der Waals surface area contributed by atoms with Crippen LogP contribution in [0.3, 0.4) is 0 Å².